The van der Waals surface area contributed by atoms with E-state index in [0.29, 0.717) is 38.1 Å². The first kappa shape index (κ1) is 20.4. The van der Waals surface area contributed by atoms with Crippen molar-refractivity contribution in [2.45, 2.75) is 0 Å². The number of thiazole rings is 1. The first-order chi connectivity index (χ1) is 14.5. The maximum Gasteiger partial charge on any atom is 0.284 e. The predicted molar refractivity (Wildman–Crippen MR) is 120 cm³/mol. The number of aromatic nitrogens is 1. The number of ether oxygens (including phenoxy) is 2. The third-order valence-corrected chi connectivity index (χ3v) is 5.66. The van der Waals surface area contributed by atoms with Gasteiger partial charge < -0.3 is 9.47 Å². The molecule has 0 N–H and O–H groups in total. The van der Waals surface area contributed by atoms with Crippen LogP contribution in [0.15, 0.2) is 58.7 Å². The second-order valence-electron chi connectivity index (χ2n) is 6.16. The zero-order valence-corrected chi connectivity index (χ0v) is 18.3. The monoisotopic (exact) mass is 459 g/mol. The zero-order chi connectivity index (χ0) is 21.3. The summed E-state index contributed by atoms with van der Waals surface area (Å²) in [5, 5.41) is 3.18. The smallest absolute Gasteiger partial charge is 0.284 e. The van der Waals surface area contributed by atoms with Crippen molar-refractivity contribution >= 4 is 57.5 Å². The number of carbonyl (C=O) groups is 1. The van der Waals surface area contributed by atoms with Crippen molar-refractivity contribution in [2.75, 3.05) is 19.1 Å². The van der Waals surface area contributed by atoms with Gasteiger partial charge in [0.05, 0.1) is 19.2 Å². The lowest BCUT2D eigenvalue weighted by Gasteiger charge is -2.15. The van der Waals surface area contributed by atoms with Crippen molar-refractivity contribution in [2.24, 2.45) is 4.99 Å². The zero-order valence-electron chi connectivity index (χ0n) is 15.9. The van der Waals surface area contributed by atoms with Crippen molar-refractivity contribution in [1.82, 2.24) is 4.98 Å². The molecule has 0 saturated carbocycles. The standard InChI is InChI=1S/C21H15Cl2N3O3S/c1-28-17-6-3-12(10-18(17)29-2)9-16-20(27)26(21-24-7-8-30-21)19(25-16)14-5-4-13(22)11-15(14)23/h3-11H,1-2H3/b16-9-. The van der Waals surface area contributed by atoms with Crippen LogP contribution < -0.4 is 14.4 Å². The first-order valence-corrected chi connectivity index (χ1v) is 10.4. The Hall–Kier alpha value is -2.87. The molecule has 152 valence electrons. The van der Waals surface area contributed by atoms with E-state index < -0.39 is 0 Å². The average molecular weight is 460 g/mol. The molecule has 1 aliphatic rings. The molecular formula is C21H15Cl2N3O3S. The third kappa shape index (κ3) is 3.79. The molecule has 1 aliphatic heterocycles. The van der Waals surface area contributed by atoms with Crippen LogP contribution in [0, 0.1) is 0 Å². The van der Waals surface area contributed by atoms with E-state index in [4.69, 9.17) is 32.7 Å². The molecule has 0 atom stereocenters. The molecule has 9 heteroatoms. The Bertz CT molecular complexity index is 1180. The van der Waals surface area contributed by atoms with E-state index in [-0.39, 0.29) is 11.6 Å². The van der Waals surface area contributed by atoms with E-state index >= 15 is 0 Å². The normalized spacial score (nSPS) is 14.9. The Morgan fingerprint density at radius 2 is 1.87 bits per heavy atom. The SMILES string of the molecule is COc1ccc(/C=C2\N=C(c3ccc(Cl)cc3Cl)N(c3nccs3)C2=O)cc1OC. The first-order valence-electron chi connectivity index (χ1n) is 8.73. The van der Waals surface area contributed by atoms with Gasteiger partial charge >= 0.3 is 0 Å². The number of benzene rings is 2. The number of amidine groups is 1. The van der Waals surface area contributed by atoms with Crippen molar-refractivity contribution in [3.8, 4) is 11.5 Å². The van der Waals surface area contributed by atoms with E-state index in [1.165, 1.54) is 16.2 Å². The van der Waals surface area contributed by atoms with Crippen molar-refractivity contribution in [1.29, 1.82) is 0 Å². The highest BCUT2D eigenvalue weighted by molar-refractivity contribution is 7.14. The summed E-state index contributed by atoms with van der Waals surface area (Å²) in [6.45, 7) is 0. The van der Waals surface area contributed by atoms with Crippen LogP contribution >= 0.6 is 34.5 Å². The lowest BCUT2D eigenvalue weighted by Crippen LogP contribution is -2.32. The van der Waals surface area contributed by atoms with Gasteiger partial charge in [0, 0.05) is 22.2 Å². The van der Waals surface area contributed by atoms with Crippen LogP contribution in [-0.4, -0.2) is 30.9 Å². The van der Waals surface area contributed by atoms with Gasteiger partial charge in [-0.15, -0.1) is 11.3 Å². The van der Waals surface area contributed by atoms with E-state index in [1.807, 2.05) is 6.07 Å². The van der Waals surface area contributed by atoms with Gasteiger partial charge in [-0.25, -0.2) is 14.9 Å². The fourth-order valence-corrected chi connectivity index (χ4v) is 4.11. The van der Waals surface area contributed by atoms with Gasteiger partial charge in [-0.05, 0) is 42.0 Å². The molecular weight excluding hydrogens is 445 g/mol. The highest BCUT2D eigenvalue weighted by Gasteiger charge is 2.35. The Labute approximate surface area is 187 Å². The van der Waals surface area contributed by atoms with Crippen LogP contribution in [0.1, 0.15) is 11.1 Å². The minimum absolute atomic E-state index is 0.249. The fourth-order valence-electron chi connectivity index (χ4n) is 2.97. The van der Waals surface area contributed by atoms with Crippen LogP contribution in [0.4, 0.5) is 5.13 Å². The Kier molecular flexibility index (Phi) is 5.76. The second-order valence-corrected chi connectivity index (χ2v) is 7.88. The highest BCUT2D eigenvalue weighted by Crippen LogP contribution is 2.33. The number of carbonyl (C=O) groups excluding carboxylic acids is 1. The summed E-state index contributed by atoms with van der Waals surface area (Å²) in [6.07, 6.45) is 3.31. The van der Waals surface area contributed by atoms with Gasteiger partial charge in [0.25, 0.3) is 5.91 Å². The Morgan fingerprint density at radius 3 is 2.53 bits per heavy atom. The molecule has 0 unspecified atom stereocenters. The number of hydrogen-bond acceptors (Lipinski definition) is 6. The summed E-state index contributed by atoms with van der Waals surface area (Å²) in [5.74, 6) is 1.24. The van der Waals surface area contributed by atoms with Gasteiger partial charge in [-0.2, -0.15) is 0 Å². The van der Waals surface area contributed by atoms with Crippen LogP contribution in [0.25, 0.3) is 6.08 Å². The van der Waals surface area contributed by atoms with Gasteiger partial charge in [0.15, 0.2) is 22.5 Å². The molecule has 1 amide bonds. The molecule has 0 fully saturated rings. The predicted octanol–water partition coefficient (Wildman–Crippen LogP) is 5.30. The molecule has 0 aliphatic carbocycles. The van der Waals surface area contributed by atoms with Gasteiger partial charge in [0.1, 0.15) is 5.70 Å². The number of anilines is 1. The third-order valence-electron chi connectivity index (χ3n) is 4.35. The number of amides is 1. The molecule has 0 radical (unpaired) electrons. The Balaban J connectivity index is 1.82. The summed E-state index contributed by atoms with van der Waals surface area (Å²) in [4.78, 5) is 23.5. The number of aliphatic imine (C=N–C) groups is 1. The number of nitrogens with zero attached hydrogens (tertiary/aromatic N) is 3. The van der Waals surface area contributed by atoms with Crippen LogP contribution in [-0.2, 0) is 4.79 Å². The molecule has 2 heterocycles. The summed E-state index contributed by atoms with van der Waals surface area (Å²) in [5.41, 5.74) is 1.57. The average Bonchev–Trinajstić information content (AvgIpc) is 3.36. The van der Waals surface area contributed by atoms with Crippen molar-refractivity contribution < 1.29 is 14.3 Å². The van der Waals surface area contributed by atoms with E-state index in [1.54, 1.807) is 62.2 Å². The topological polar surface area (TPSA) is 64.0 Å². The van der Waals surface area contributed by atoms with Gasteiger partial charge in [-0.3, -0.25) is 4.79 Å². The molecule has 1 aromatic heterocycles. The van der Waals surface area contributed by atoms with Crippen LogP contribution in [0.5, 0.6) is 11.5 Å². The minimum Gasteiger partial charge on any atom is -0.493 e. The fraction of sp³-hybridized carbons (Fsp3) is 0.0952. The molecule has 3 aromatic rings. The molecule has 2 aromatic carbocycles. The maximum absolute atomic E-state index is 13.2. The lowest BCUT2D eigenvalue weighted by atomic mass is 10.1. The number of hydrogen-bond donors (Lipinski definition) is 0. The van der Waals surface area contributed by atoms with Gasteiger partial charge in [-0.1, -0.05) is 29.3 Å². The molecule has 0 bridgehead atoms. The second kappa shape index (κ2) is 8.47. The number of halogens is 2. The summed E-state index contributed by atoms with van der Waals surface area (Å²) in [7, 11) is 3.12. The van der Waals surface area contributed by atoms with Crippen molar-refractivity contribution in [3.63, 3.8) is 0 Å². The summed E-state index contributed by atoms with van der Waals surface area (Å²) in [6, 6.07) is 10.4. The lowest BCUT2D eigenvalue weighted by molar-refractivity contribution is -0.113. The van der Waals surface area contributed by atoms with Crippen molar-refractivity contribution in [3.05, 3.63) is 74.8 Å². The quantitative estimate of drug-likeness (QED) is 0.485. The molecule has 0 spiro atoms. The van der Waals surface area contributed by atoms with E-state index in [9.17, 15) is 4.79 Å². The summed E-state index contributed by atoms with van der Waals surface area (Å²) >= 11 is 13.8. The molecule has 0 saturated heterocycles. The highest BCUT2D eigenvalue weighted by atomic mass is 35.5. The number of methoxy groups -OCH3 is 2. The summed E-state index contributed by atoms with van der Waals surface area (Å²) < 4.78 is 10.6. The minimum atomic E-state index is -0.305. The van der Waals surface area contributed by atoms with Crippen LogP contribution in [0.3, 0.4) is 0 Å². The van der Waals surface area contributed by atoms with Gasteiger partial charge in [0.2, 0.25) is 0 Å². The van der Waals surface area contributed by atoms with E-state index in [0.717, 1.165) is 5.56 Å². The number of rotatable bonds is 5. The van der Waals surface area contributed by atoms with E-state index in [2.05, 4.69) is 9.98 Å². The Morgan fingerprint density at radius 1 is 1.07 bits per heavy atom. The molecule has 6 nitrogen and oxygen atoms in total. The molecule has 30 heavy (non-hydrogen) atoms. The van der Waals surface area contributed by atoms with Crippen LogP contribution in [0.2, 0.25) is 10.0 Å². The molecule has 4 rings (SSSR count). The largest absolute Gasteiger partial charge is 0.493 e. The maximum atomic E-state index is 13.2.